The van der Waals surface area contributed by atoms with E-state index in [-0.39, 0.29) is 10.8 Å². The van der Waals surface area contributed by atoms with Gasteiger partial charge in [-0.1, -0.05) is 66.7 Å². The van der Waals surface area contributed by atoms with Gasteiger partial charge in [0.25, 0.3) is 0 Å². The van der Waals surface area contributed by atoms with E-state index in [4.69, 9.17) is 4.42 Å². The molecule has 0 fully saturated rings. The maximum absolute atomic E-state index is 12.4. The van der Waals surface area contributed by atoms with Crippen LogP contribution in [0.15, 0.2) is 51.7 Å². The molecule has 0 atom stereocenters. The summed E-state index contributed by atoms with van der Waals surface area (Å²) in [4.78, 5) is 12.4. The molecule has 0 spiro atoms. The third kappa shape index (κ3) is 4.01. The highest BCUT2D eigenvalue weighted by molar-refractivity contribution is 5.89. The van der Waals surface area contributed by atoms with Gasteiger partial charge in [0.15, 0.2) is 0 Å². The Hall–Kier alpha value is -2.09. The predicted molar refractivity (Wildman–Crippen MR) is 101 cm³/mol. The van der Waals surface area contributed by atoms with E-state index in [2.05, 4.69) is 20.8 Å². The van der Waals surface area contributed by atoms with Crippen LogP contribution in [-0.4, -0.2) is 0 Å². The Kier molecular flexibility index (Phi) is 6.56. The molecule has 1 heterocycles. The number of fused-ring (bicyclic) bond motifs is 2. The Morgan fingerprint density at radius 1 is 0.783 bits per heavy atom. The van der Waals surface area contributed by atoms with Gasteiger partial charge in [-0.3, -0.25) is 4.79 Å². The molecule has 0 aliphatic rings. The molecular formula is C21H28O2. The summed E-state index contributed by atoms with van der Waals surface area (Å²) in [5.74, 6) is 0. The van der Waals surface area contributed by atoms with Gasteiger partial charge in [-0.2, -0.15) is 0 Å². The fourth-order valence-electron chi connectivity index (χ4n) is 2.27. The highest BCUT2D eigenvalue weighted by Gasteiger charge is 2.15. The molecule has 2 nitrogen and oxygen atoms in total. The first-order chi connectivity index (χ1) is 11.0. The molecule has 0 N–H and O–H groups in total. The van der Waals surface area contributed by atoms with Crippen LogP contribution >= 0.6 is 0 Å². The van der Waals surface area contributed by atoms with Crippen LogP contribution in [0.2, 0.25) is 0 Å². The van der Waals surface area contributed by atoms with Crippen LogP contribution in [0.1, 0.15) is 54.0 Å². The van der Waals surface area contributed by atoms with Gasteiger partial charge in [0.2, 0.25) is 5.43 Å². The van der Waals surface area contributed by atoms with Crippen molar-refractivity contribution in [3.63, 3.8) is 0 Å². The summed E-state index contributed by atoms with van der Waals surface area (Å²) in [5, 5.41) is 1.28. The summed E-state index contributed by atoms with van der Waals surface area (Å²) in [7, 11) is 0. The first-order valence-electron chi connectivity index (χ1n) is 8.43. The van der Waals surface area contributed by atoms with Crippen LogP contribution in [0.3, 0.4) is 0 Å². The fourth-order valence-corrected chi connectivity index (χ4v) is 2.27. The maximum atomic E-state index is 12.4. The SMILES string of the molecule is CC.CC.CC(C)(C)c1ccc2c(=O)c3ccccc3oc2c1. The molecule has 0 amide bonds. The summed E-state index contributed by atoms with van der Waals surface area (Å²) < 4.78 is 5.86. The Morgan fingerprint density at radius 3 is 1.96 bits per heavy atom. The predicted octanol–water partition coefficient (Wildman–Crippen LogP) is 6.30. The zero-order valence-corrected chi connectivity index (χ0v) is 15.4. The van der Waals surface area contributed by atoms with E-state index in [1.54, 1.807) is 6.07 Å². The van der Waals surface area contributed by atoms with Gasteiger partial charge >= 0.3 is 0 Å². The molecule has 0 bridgehead atoms. The molecule has 0 saturated heterocycles. The highest BCUT2D eigenvalue weighted by atomic mass is 16.3. The van der Waals surface area contributed by atoms with Crippen molar-refractivity contribution >= 4 is 21.9 Å². The molecule has 2 heteroatoms. The van der Waals surface area contributed by atoms with E-state index in [0.29, 0.717) is 21.9 Å². The van der Waals surface area contributed by atoms with Crippen molar-refractivity contribution in [3.05, 3.63) is 58.3 Å². The molecule has 0 aliphatic heterocycles. The molecule has 0 unspecified atom stereocenters. The van der Waals surface area contributed by atoms with E-state index in [9.17, 15) is 4.79 Å². The normalized spacial score (nSPS) is 10.6. The average Bonchev–Trinajstić information content (AvgIpc) is 2.57. The maximum Gasteiger partial charge on any atom is 0.200 e. The van der Waals surface area contributed by atoms with Gasteiger partial charge in [-0.05, 0) is 35.2 Å². The number of hydrogen-bond acceptors (Lipinski definition) is 2. The van der Waals surface area contributed by atoms with Crippen molar-refractivity contribution in [1.29, 1.82) is 0 Å². The lowest BCUT2D eigenvalue weighted by atomic mass is 9.86. The average molecular weight is 312 g/mol. The second-order valence-corrected chi connectivity index (χ2v) is 5.89. The second-order valence-electron chi connectivity index (χ2n) is 5.89. The summed E-state index contributed by atoms with van der Waals surface area (Å²) in [6, 6.07) is 13.2. The van der Waals surface area contributed by atoms with Gasteiger partial charge in [-0.25, -0.2) is 0 Å². The van der Waals surface area contributed by atoms with Crippen molar-refractivity contribution in [3.8, 4) is 0 Å². The number of para-hydroxylation sites is 1. The Morgan fingerprint density at radius 2 is 1.35 bits per heavy atom. The van der Waals surface area contributed by atoms with E-state index in [0.717, 1.165) is 0 Å². The third-order valence-electron chi connectivity index (χ3n) is 3.44. The number of hydrogen-bond donors (Lipinski definition) is 0. The lowest BCUT2D eigenvalue weighted by Gasteiger charge is -2.19. The Bertz CT molecular complexity index is 820. The van der Waals surface area contributed by atoms with Crippen LogP contribution < -0.4 is 5.43 Å². The van der Waals surface area contributed by atoms with Gasteiger partial charge in [0.1, 0.15) is 11.2 Å². The first-order valence-corrected chi connectivity index (χ1v) is 8.43. The second kappa shape index (κ2) is 7.96. The summed E-state index contributed by atoms with van der Waals surface area (Å²) in [5.41, 5.74) is 2.55. The molecule has 23 heavy (non-hydrogen) atoms. The van der Waals surface area contributed by atoms with Crippen molar-refractivity contribution in [1.82, 2.24) is 0 Å². The van der Waals surface area contributed by atoms with Crippen molar-refractivity contribution in [2.24, 2.45) is 0 Å². The Labute approximate surface area is 139 Å². The quantitative estimate of drug-likeness (QED) is 0.456. The van der Waals surface area contributed by atoms with Gasteiger partial charge < -0.3 is 4.42 Å². The van der Waals surface area contributed by atoms with Crippen LogP contribution in [0.5, 0.6) is 0 Å². The van der Waals surface area contributed by atoms with Crippen molar-refractivity contribution in [2.45, 2.75) is 53.9 Å². The van der Waals surface area contributed by atoms with E-state index >= 15 is 0 Å². The summed E-state index contributed by atoms with van der Waals surface area (Å²) >= 11 is 0. The minimum atomic E-state index is 0.0392. The zero-order chi connectivity index (χ0) is 17.6. The lowest BCUT2D eigenvalue weighted by Crippen LogP contribution is -2.11. The van der Waals surface area contributed by atoms with E-state index in [1.807, 2.05) is 64.1 Å². The Balaban J connectivity index is 0.000000615. The highest BCUT2D eigenvalue weighted by Crippen LogP contribution is 2.26. The van der Waals surface area contributed by atoms with E-state index < -0.39 is 0 Å². The molecule has 0 aliphatic carbocycles. The zero-order valence-electron chi connectivity index (χ0n) is 15.4. The van der Waals surface area contributed by atoms with Crippen LogP contribution in [0, 0.1) is 0 Å². The molecule has 124 valence electrons. The van der Waals surface area contributed by atoms with Crippen LogP contribution in [0.25, 0.3) is 21.9 Å². The van der Waals surface area contributed by atoms with Gasteiger partial charge in [-0.15, -0.1) is 0 Å². The fraction of sp³-hybridized carbons (Fsp3) is 0.381. The minimum absolute atomic E-state index is 0.0392. The smallest absolute Gasteiger partial charge is 0.200 e. The number of rotatable bonds is 0. The number of benzene rings is 2. The monoisotopic (exact) mass is 312 g/mol. The molecule has 0 saturated carbocycles. The molecule has 1 aromatic heterocycles. The topological polar surface area (TPSA) is 30.2 Å². The molecule has 3 rings (SSSR count). The third-order valence-corrected chi connectivity index (χ3v) is 3.44. The minimum Gasteiger partial charge on any atom is -0.456 e. The van der Waals surface area contributed by atoms with E-state index in [1.165, 1.54) is 5.56 Å². The summed E-state index contributed by atoms with van der Waals surface area (Å²) in [6.07, 6.45) is 0. The van der Waals surface area contributed by atoms with Gasteiger partial charge in [0, 0.05) is 0 Å². The van der Waals surface area contributed by atoms with Crippen LogP contribution in [0.4, 0.5) is 0 Å². The molecule has 3 aromatic rings. The first kappa shape index (κ1) is 19.0. The standard InChI is InChI=1S/C17H16O2.2C2H6/c1-17(2,3)11-8-9-13-15(10-11)19-14-7-5-4-6-12(14)16(13)18;2*1-2/h4-10H,1-3H3;2*1-2H3. The molecular weight excluding hydrogens is 284 g/mol. The molecule has 2 aromatic carbocycles. The summed E-state index contributed by atoms with van der Waals surface area (Å²) in [6.45, 7) is 14.4. The van der Waals surface area contributed by atoms with Crippen molar-refractivity contribution < 1.29 is 4.42 Å². The van der Waals surface area contributed by atoms with Gasteiger partial charge in [0.05, 0.1) is 10.8 Å². The largest absolute Gasteiger partial charge is 0.456 e. The van der Waals surface area contributed by atoms with Crippen molar-refractivity contribution in [2.75, 3.05) is 0 Å². The molecule has 0 radical (unpaired) electrons. The lowest BCUT2D eigenvalue weighted by molar-refractivity contribution is 0.587. The van der Waals surface area contributed by atoms with Crippen LogP contribution in [-0.2, 0) is 5.41 Å².